The Hall–Kier alpha value is -2.70. The van der Waals surface area contributed by atoms with Crippen molar-refractivity contribution in [2.45, 2.75) is 18.9 Å². The minimum Gasteiger partial charge on any atom is -0.490 e. The van der Waals surface area contributed by atoms with Crippen molar-refractivity contribution in [2.24, 2.45) is 0 Å². The first-order valence-corrected chi connectivity index (χ1v) is 11.3. The highest BCUT2D eigenvalue weighted by atomic mass is 35.5. The van der Waals surface area contributed by atoms with Crippen LogP contribution >= 0.6 is 23.4 Å². The zero-order valence-corrected chi connectivity index (χ0v) is 18.5. The maximum Gasteiger partial charge on any atom is 0.238 e. The monoisotopic (exact) mass is 457 g/mol. The van der Waals surface area contributed by atoms with Crippen molar-refractivity contribution >= 4 is 35.0 Å². The van der Waals surface area contributed by atoms with E-state index in [1.165, 1.54) is 12.1 Å². The molecule has 1 heterocycles. The van der Waals surface area contributed by atoms with E-state index in [4.69, 9.17) is 21.1 Å². The lowest BCUT2D eigenvalue weighted by atomic mass is 10.1. The molecule has 1 fully saturated rings. The van der Waals surface area contributed by atoms with Crippen molar-refractivity contribution in [1.29, 1.82) is 0 Å². The minimum absolute atomic E-state index is 0.0481. The van der Waals surface area contributed by atoms with Gasteiger partial charge in [-0.05, 0) is 66.6 Å². The SMILES string of the molecule is CCOc1cc([C@@H]2SCC(=O)N2c2ccc(Cl)cc2)ccc1OCc1ccc(F)cc1. The molecule has 31 heavy (non-hydrogen) atoms. The van der Waals surface area contributed by atoms with Crippen LogP contribution in [0.3, 0.4) is 0 Å². The zero-order valence-electron chi connectivity index (χ0n) is 16.9. The predicted octanol–water partition coefficient (Wildman–Crippen LogP) is 6.24. The highest BCUT2D eigenvalue weighted by molar-refractivity contribution is 8.00. The van der Waals surface area contributed by atoms with Gasteiger partial charge in [0.05, 0.1) is 12.4 Å². The maximum absolute atomic E-state index is 13.1. The number of hydrogen-bond donors (Lipinski definition) is 0. The van der Waals surface area contributed by atoms with Crippen LogP contribution in [0.2, 0.25) is 5.02 Å². The molecule has 0 aromatic heterocycles. The normalized spacial score (nSPS) is 15.9. The van der Waals surface area contributed by atoms with E-state index in [2.05, 4.69) is 0 Å². The van der Waals surface area contributed by atoms with Crippen molar-refractivity contribution in [3.8, 4) is 11.5 Å². The number of ether oxygens (including phenoxy) is 2. The molecule has 0 bridgehead atoms. The Bertz CT molecular complexity index is 1060. The maximum atomic E-state index is 13.1. The van der Waals surface area contributed by atoms with Gasteiger partial charge in [-0.2, -0.15) is 0 Å². The molecule has 3 aromatic carbocycles. The molecule has 0 saturated carbocycles. The van der Waals surface area contributed by atoms with Crippen LogP contribution in [0.5, 0.6) is 11.5 Å². The lowest BCUT2D eigenvalue weighted by Crippen LogP contribution is -2.27. The van der Waals surface area contributed by atoms with Crippen LogP contribution in [-0.4, -0.2) is 18.3 Å². The molecule has 1 atom stereocenters. The minimum atomic E-state index is -0.281. The first kappa shape index (κ1) is 21.5. The summed E-state index contributed by atoms with van der Waals surface area (Å²) >= 11 is 7.57. The van der Waals surface area contributed by atoms with Crippen molar-refractivity contribution in [3.63, 3.8) is 0 Å². The molecule has 160 valence electrons. The number of rotatable bonds is 7. The first-order valence-electron chi connectivity index (χ1n) is 9.88. The molecular weight excluding hydrogens is 437 g/mol. The summed E-state index contributed by atoms with van der Waals surface area (Å²) in [6.07, 6.45) is 0. The summed E-state index contributed by atoms with van der Waals surface area (Å²) in [5, 5.41) is 0.458. The van der Waals surface area contributed by atoms with E-state index in [9.17, 15) is 9.18 Å². The van der Waals surface area contributed by atoms with Gasteiger partial charge in [0.25, 0.3) is 0 Å². The van der Waals surface area contributed by atoms with E-state index in [0.717, 1.165) is 16.8 Å². The lowest BCUT2D eigenvalue weighted by molar-refractivity contribution is -0.115. The van der Waals surface area contributed by atoms with E-state index in [-0.39, 0.29) is 17.1 Å². The number of thioether (sulfide) groups is 1. The Labute approximate surface area is 189 Å². The molecule has 1 aliphatic heterocycles. The summed E-state index contributed by atoms with van der Waals surface area (Å²) in [7, 11) is 0. The molecule has 0 N–H and O–H groups in total. The van der Waals surface area contributed by atoms with Crippen LogP contribution in [0.15, 0.2) is 66.7 Å². The molecule has 4 nitrogen and oxygen atoms in total. The van der Waals surface area contributed by atoms with Crippen LogP contribution in [0.4, 0.5) is 10.1 Å². The molecule has 0 unspecified atom stereocenters. The van der Waals surface area contributed by atoms with Gasteiger partial charge in [-0.15, -0.1) is 11.8 Å². The second-order valence-electron chi connectivity index (χ2n) is 6.96. The topological polar surface area (TPSA) is 38.8 Å². The van der Waals surface area contributed by atoms with Gasteiger partial charge in [-0.25, -0.2) is 4.39 Å². The fraction of sp³-hybridized carbons (Fsp3) is 0.208. The standard InChI is InChI=1S/C24H21ClFNO3S/c1-2-29-22-13-17(5-12-21(22)30-14-16-3-8-19(26)9-4-16)24-27(23(28)15-31-24)20-10-6-18(25)7-11-20/h3-13,24H,2,14-15H2,1H3/t24-/m0/s1. The fourth-order valence-electron chi connectivity index (χ4n) is 3.36. The number of benzene rings is 3. The second-order valence-corrected chi connectivity index (χ2v) is 8.46. The third kappa shape index (κ3) is 4.97. The summed E-state index contributed by atoms with van der Waals surface area (Å²) in [6.45, 7) is 2.69. The summed E-state index contributed by atoms with van der Waals surface area (Å²) in [4.78, 5) is 14.4. The average molecular weight is 458 g/mol. The first-order chi connectivity index (χ1) is 15.0. The van der Waals surface area contributed by atoms with Crippen molar-refractivity contribution in [1.82, 2.24) is 0 Å². The van der Waals surface area contributed by atoms with Crippen LogP contribution in [0, 0.1) is 5.82 Å². The van der Waals surface area contributed by atoms with Gasteiger partial charge in [-0.3, -0.25) is 9.69 Å². The molecule has 1 amide bonds. The molecular formula is C24H21ClFNO3S. The van der Waals surface area contributed by atoms with Gasteiger partial charge in [0.1, 0.15) is 17.8 Å². The van der Waals surface area contributed by atoms with Gasteiger partial charge in [0, 0.05) is 10.7 Å². The van der Waals surface area contributed by atoms with Crippen molar-refractivity contribution in [2.75, 3.05) is 17.3 Å². The smallest absolute Gasteiger partial charge is 0.238 e. The summed E-state index contributed by atoms with van der Waals surface area (Å²) in [5.74, 6) is 1.38. The lowest BCUT2D eigenvalue weighted by Gasteiger charge is -2.25. The molecule has 0 spiro atoms. The molecule has 7 heteroatoms. The fourth-order valence-corrected chi connectivity index (χ4v) is 4.65. The number of halogens is 2. The van der Waals surface area contributed by atoms with Gasteiger partial charge >= 0.3 is 0 Å². The van der Waals surface area contributed by atoms with E-state index in [0.29, 0.717) is 35.5 Å². The Morgan fingerprint density at radius 1 is 1.03 bits per heavy atom. The van der Waals surface area contributed by atoms with Crippen LogP contribution < -0.4 is 14.4 Å². The average Bonchev–Trinajstić information content (AvgIpc) is 3.16. The summed E-state index contributed by atoms with van der Waals surface area (Å²) < 4.78 is 24.9. The van der Waals surface area contributed by atoms with Gasteiger partial charge in [0.2, 0.25) is 5.91 Å². The number of anilines is 1. The van der Waals surface area contributed by atoms with Gasteiger partial charge in [0.15, 0.2) is 11.5 Å². The second kappa shape index (κ2) is 9.62. The number of carbonyl (C=O) groups is 1. The van der Waals surface area contributed by atoms with E-state index in [1.54, 1.807) is 40.9 Å². The quantitative estimate of drug-likeness (QED) is 0.421. The number of nitrogens with zero attached hydrogens (tertiary/aromatic N) is 1. The zero-order chi connectivity index (χ0) is 21.8. The van der Waals surface area contributed by atoms with E-state index >= 15 is 0 Å². The summed E-state index contributed by atoms with van der Waals surface area (Å²) in [6, 6.07) is 19.2. The Morgan fingerprint density at radius 3 is 2.48 bits per heavy atom. The third-order valence-corrected chi connectivity index (χ3v) is 6.30. The molecule has 0 radical (unpaired) electrons. The number of carbonyl (C=O) groups excluding carboxylic acids is 1. The molecule has 0 aliphatic carbocycles. The van der Waals surface area contributed by atoms with Crippen LogP contribution in [-0.2, 0) is 11.4 Å². The van der Waals surface area contributed by atoms with Gasteiger partial charge in [-0.1, -0.05) is 29.8 Å². The molecule has 1 aliphatic rings. The molecule has 1 saturated heterocycles. The van der Waals surface area contributed by atoms with Crippen molar-refractivity contribution < 1.29 is 18.7 Å². The van der Waals surface area contributed by atoms with Crippen LogP contribution in [0.25, 0.3) is 0 Å². The predicted molar refractivity (Wildman–Crippen MR) is 122 cm³/mol. The highest BCUT2D eigenvalue weighted by Gasteiger charge is 2.34. The highest BCUT2D eigenvalue weighted by Crippen LogP contribution is 2.44. The Kier molecular flexibility index (Phi) is 6.68. The van der Waals surface area contributed by atoms with Crippen molar-refractivity contribution in [3.05, 3.63) is 88.7 Å². The van der Waals surface area contributed by atoms with E-state index in [1.807, 2.05) is 37.3 Å². The number of hydrogen-bond acceptors (Lipinski definition) is 4. The Morgan fingerprint density at radius 2 is 1.77 bits per heavy atom. The van der Waals surface area contributed by atoms with E-state index < -0.39 is 0 Å². The summed E-state index contributed by atoms with van der Waals surface area (Å²) in [5.41, 5.74) is 2.61. The number of amides is 1. The largest absolute Gasteiger partial charge is 0.490 e. The Balaban J connectivity index is 1.58. The molecule has 4 rings (SSSR count). The molecule has 3 aromatic rings. The van der Waals surface area contributed by atoms with Gasteiger partial charge < -0.3 is 9.47 Å². The van der Waals surface area contributed by atoms with Crippen LogP contribution in [0.1, 0.15) is 23.4 Å². The third-order valence-electron chi connectivity index (χ3n) is 4.83.